The Kier molecular flexibility index (Phi) is 42.0. The molecule has 0 spiro atoms. The van der Waals surface area contributed by atoms with Gasteiger partial charge in [-0.3, -0.25) is 23.5 Å². The fourth-order valence-corrected chi connectivity index (χ4v) is 16.9. The van der Waals surface area contributed by atoms with Gasteiger partial charge in [-0.15, -0.1) is 228 Å². The minimum atomic E-state index is -0.649. The van der Waals surface area contributed by atoms with Crippen LogP contribution in [0, 0.1) is 54.1 Å². The Hall–Kier alpha value is -14.4. The van der Waals surface area contributed by atoms with E-state index in [1.165, 1.54) is 64.7 Å². The van der Waals surface area contributed by atoms with Crippen LogP contribution in [0.15, 0.2) is 462 Å². The molecule has 2 aliphatic rings. The first-order valence-electron chi connectivity index (χ1n) is 46.3. The Morgan fingerprint density at radius 1 is 0.322 bits per heavy atom. The van der Waals surface area contributed by atoms with Crippen LogP contribution in [-0.2, 0) is 100 Å². The van der Waals surface area contributed by atoms with Crippen LogP contribution in [-0.4, -0.2) is 45.8 Å². The molecule has 0 bridgehead atoms. The van der Waals surface area contributed by atoms with Crippen molar-refractivity contribution in [2.24, 2.45) is 0 Å². The number of hydrogen-bond acceptors (Lipinski definition) is 9. The number of ketones is 1. The first-order chi connectivity index (χ1) is 68.2. The Morgan fingerprint density at radius 3 is 0.937 bits per heavy atom. The van der Waals surface area contributed by atoms with Crippen LogP contribution in [0.1, 0.15) is 78.4 Å². The van der Waals surface area contributed by atoms with Crippen LogP contribution in [0.4, 0.5) is 8.78 Å². The smallest absolute Gasteiger partial charge is 0.512 e. The number of aliphatic hydroxyl groups is 1. The van der Waals surface area contributed by atoms with E-state index in [4.69, 9.17) is 15.1 Å². The second kappa shape index (κ2) is 55.1. The monoisotopic (exact) mass is 2590 g/mol. The van der Waals surface area contributed by atoms with E-state index in [0.717, 1.165) is 139 Å². The number of halogens is 2. The molecule has 11 heterocycles. The summed E-state index contributed by atoms with van der Waals surface area (Å²) in [5.74, 6) is -1.35. The van der Waals surface area contributed by atoms with Crippen molar-refractivity contribution in [1.82, 2.24) is 34.9 Å². The number of rotatable bonds is 16. The largest absolute Gasteiger partial charge is 2.00 e. The van der Waals surface area contributed by atoms with Crippen molar-refractivity contribution in [2.75, 3.05) is 0 Å². The molecule has 11 aromatic carbocycles. The number of nitrogens with zero attached hydrogens (tertiary/aromatic N) is 9. The summed E-state index contributed by atoms with van der Waals surface area (Å²) < 4.78 is 30.7. The van der Waals surface area contributed by atoms with Crippen molar-refractivity contribution < 1.29 is 112 Å². The fraction of sp³-hybridized carbons (Fsp3) is 0.0952. The van der Waals surface area contributed by atoms with E-state index in [2.05, 4.69) is 238 Å². The van der Waals surface area contributed by atoms with Crippen LogP contribution >= 0.6 is 0 Å². The molecule has 0 amide bonds. The molecule has 11 nitrogen and oxygen atoms in total. The van der Waals surface area contributed by atoms with Crippen molar-refractivity contribution in [3.8, 4) is 146 Å². The fourth-order valence-electron chi connectivity index (χ4n) is 16.9. The van der Waals surface area contributed by atoms with Gasteiger partial charge in [-0.1, -0.05) is 197 Å². The molecule has 0 atom stereocenters. The molecule has 0 radical (unpaired) electrons. The van der Waals surface area contributed by atoms with Crippen molar-refractivity contribution in [1.29, 1.82) is 0 Å². The van der Waals surface area contributed by atoms with E-state index in [9.17, 15) is 13.6 Å². The molecule has 17 heteroatoms. The van der Waals surface area contributed by atoms with Crippen LogP contribution in [0.3, 0.4) is 0 Å². The van der Waals surface area contributed by atoms with Gasteiger partial charge in [0.25, 0.3) is 0 Å². The first-order valence-corrected chi connectivity index (χ1v) is 46.3. The van der Waals surface area contributed by atoms with Gasteiger partial charge in [0.15, 0.2) is 29.3 Å². The number of benzene rings is 11. The maximum atomic E-state index is 13.2. The van der Waals surface area contributed by atoms with Gasteiger partial charge in [-0.2, -0.15) is 9.13 Å². The average molecular weight is 2590 g/mol. The second-order valence-corrected chi connectivity index (χ2v) is 32.6. The maximum Gasteiger partial charge on any atom is 2.00 e. The molecule has 716 valence electrons. The molecule has 143 heavy (non-hydrogen) atoms. The standard InChI is InChI=1S/2C27H24N2.2C17H12N.C11H6F2N.2C11H8N.C5H8O2.4Pt/c2*1-3-27(4-2)24-18-21(13-15-23(24)26-12-8-9-17-29(26)27)22-14-16-25(28-19-22)20-10-6-5-7-11-20;2*1-3-8-14(9-4-1)16-12-7-13-17(18-16)15-10-5-2-6-11-15;12-8-4-5-9(10(13)7-8)11-3-1-2-6-14-11;2*1-2-6-10(7-3-1)11-8-4-5-9-12-11;1-4(6)3-5(2)7;;;;/h2*5-10,12-19H,3-4H2,1-2H3;2*1-10,12-13H;1-4,6-7H;2*1-6,8-9H;3,6H,1-2H3;;;;/q;;5*-1;;;3*+2. The van der Waals surface area contributed by atoms with Gasteiger partial charge in [0.1, 0.15) is 0 Å². The topological polar surface area (TPSA) is 135 Å². The summed E-state index contributed by atoms with van der Waals surface area (Å²) in [7, 11) is 0. The summed E-state index contributed by atoms with van der Waals surface area (Å²) in [5, 5.41) is 8.36. The van der Waals surface area contributed by atoms with Gasteiger partial charge in [0.05, 0.1) is 28.3 Å². The van der Waals surface area contributed by atoms with E-state index in [1.54, 1.807) is 36.8 Å². The van der Waals surface area contributed by atoms with Gasteiger partial charge in [-0.25, -0.2) is 0 Å². The summed E-state index contributed by atoms with van der Waals surface area (Å²) in [6.07, 6.45) is 19.0. The van der Waals surface area contributed by atoms with E-state index in [-0.39, 0.29) is 112 Å². The Bertz CT molecular complexity index is 6760. The molecular formula is C126H102F2N9O2Pt4+. The molecule has 20 aromatic rings. The minimum Gasteiger partial charge on any atom is -0.512 e. The number of aliphatic hydroxyl groups excluding tert-OH is 1. The SMILES string of the molecule is CC(=O)C=C(C)O.CCC1(CC)c2cc(-c3ccc(-c4[c-]cccc4)nc3)ccc2-c2cccc[n+]21.CCC1(CC)c2cc(-c3ccc(-c4[c-]cccc4)nc3)ccc2-c2cccc[n+]21.Fc1c[c-]c(-c2ccccn2)c(F)c1.[Pt+2].[Pt+2].[Pt+2].[Pt].[c-]1ccccc1-c1cccc(-c2ccccc2)n1.[c-]1ccccc1-c1cccc(-c2ccccc2)n1.[c-]1ccccc1-c1ccccn1.[c-]1ccccc1-c1ccccn1. The second-order valence-electron chi connectivity index (χ2n) is 32.6. The minimum absolute atomic E-state index is 0. The molecular weight excluding hydrogens is 2490 g/mol. The number of carbonyl (C=O) groups excluding carboxylic acids is 1. The number of fused-ring (bicyclic) bond motifs is 6. The maximum absolute atomic E-state index is 13.2. The molecule has 1 N–H and O–H groups in total. The quantitative estimate of drug-likeness (QED) is 0.0434. The summed E-state index contributed by atoms with van der Waals surface area (Å²) >= 11 is 0. The van der Waals surface area contributed by atoms with Gasteiger partial charge in [0, 0.05) is 131 Å². The number of hydrogen-bond donors (Lipinski definition) is 1. The molecule has 0 aliphatic carbocycles. The summed E-state index contributed by atoms with van der Waals surface area (Å²) in [4.78, 5) is 41.2. The van der Waals surface area contributed by atoms with Crippen LogP contribution in [0.5, 0.6) is 0 Å². The first kappa shape index (κ1) is 109. The van der Waals surface area contributed by atoms with E-state index in [1.807, 2.05) is 267 Å². The molecule has 0 unspecified atom stereocenters. The molecule has 2 aliphatic heterocycles. The van der Waals surface area contributed by atoms with Crippen LogP contribution < -0.4 is 9.13 Å². The Labute approximate surface area is 896 Å². The van der Waals surface area contributed by atoms with Gasteiger partial charge in [0.2, 0.25) is 11.4 Å². The Morgan fingerprint density at radius 2 is 0.636 bits per heavy atom. The molecule has 0 saturated heterocycles. The van der Waals surface area contributed by atoms with Crippen molar-refractivity contribution >= 4 is 5.78 Å². The number of pyridine rings is 9. The molecule has 9 aromatic heterocycles. The average Bonchev–Trinajstić information content (AvgIpc) is 1.57. The third-order valence-electron chi connectivity index (χ3n) is 23.8. The third-order valence-corrected chi connectivity index (χ3v) is 23.8. The summed E-state index contributed by atoms with van der Waals surface area (Å²) in [5.41, 5.74) is 29.8. The zero-order valence-corrected chi connectivity index (χ0v) is 88.6. The van der Waals surface area contributed by atoms with Crippen LogP contribution in [0.25, 0.3) is 146 Å². The van der Waals surface area contributed by atoms with E-state index < -0.39 is 11.6 Å². The predicted molar refractivity (Wildman–Crippen MR) is 555 cm³/mol. The third kappa shape index (κ3) is 28.3. The normalized spacial score (nSPS) is 11.3. The zero-order valence-electron chi connectivity index (χ0n) is 79.5. The van der Waals surface area contributed by atoms with Crippen LogP contribution in [0.2, 0.25) is 0 Å². The summed E-state index contributed by atoms with van der Waals surface area (Å²) in [6, 6.07) is 156. The van der Waals surface area contributed by atoms with Gasteiger partial charge in [-0.05, 0) is 154 Å². The van der Waals surface area contributed by atoms with Crippen molar-refractivity contribution in [2.45, 2.75) is 78.3 Å². The number of aromatic nitrogens is 9. The number of carbonyl (C=O) groups is 1. The Balaban J connectivity index is 0.000000160. The van der Waals surface area contributed by atoms with Gasteiger partial charge < -0.3 is 30.0 Å². The van der Waals surface area contributed by atoms with E-state index >= 15 is 0 Å². The molecule has 0 fully saturated rings. The molecule has 22 rings (SSSR count). The van der Waals surface area contributed by atoms with E-state index in [0.29, 0.717) is 5.69 Å². The number of allylic oxidation sites excluding steroid dienone is 2. The summed E-state index contributed by atoms with van der Waals surface area (Å²) in [6.45, 7) is 12.0. The molecule has 0 saturated carbocycles. The van der Waals surface area contributed by atoms with Gasteiger partial charge >= 0.3 is 63.2 Å². The predicted octanol–water partition coefficient (Wildman–Crippen LogP) is 29.5. The zero-order chi connectivity index (χ0) is 96.4. The van der Waals surface area contributed by atoms with Crippen molar-refractivity contribution in [3.05, 3.63) is 527 Å². The van der Waals surface area contributed by atoms with Crippen molar-refractivity contribution in [3.63, 3.8) is 0 Å².